The summed E-state index contributed by atoms with van der Waals surface area (Å²) in [5.41, 5.74) is 0.360. The van der Waals surface area contributed by atoms with Crippen molar-refractivity contribution in [1.29, 1.82) is 0 Å². The summed E-state index contributed by atoms with van der Waals surface area (Å²) in [4.78, 5) is 31.2. The van der Waals surface area contributed by atoms with Gasteiger partial charge in [0.15, 0.2) is 17.7 Å². The zero-order chi connectivity index (χ0) is 23.6. The lowest BCUT2D eigenvalue weighted by atomic mass is 10.2. The van der Waals surface area contributed by atoms with E-state index in [2.05, 4.69) is 20.1 Å². The highest BCUT2D eigenvalue weighted by atomic mass is 19.4. The minimum absolute atomic E-state index is 0.171. The number of benzene rings is 1. The Morgan fingerprint density at radius 3 is 2.55 bits per heavy atom. The lowest BCUT2D eigenvalue weighted by molar-refractivity contribution is -0.274. The lowest BCUT2D eigenvalue weighted by Crippen LogP contribution is -2.48. The van der Waals surface area contributed by atoms with Crippen LogP contribution in [-0.2, 0) is 9.59 Å². The molecule has 9 nitrogen and oxygen atoms in total. The molecule has 0 spiro atoms. The van der Waals surface area contributed by atoms with Gasteiger partial charge in [0.05, 0.1) is 5.69 Å². The third-order valence-electron chi connectivity index (χ3n) is 4.68. The van der Waals surface area contributed by atoms with Gasteiger partial charge in [0.1, 0.15) is 18.0 Å². The minimum atomic E-state index is -4.81. The second-order valence-electron chi connectivity index (χ2n) is 7.00. The van der Waals surface area contributed by atoms with Crippen molar-refractivity contribution in [1.82, 2.24) is 14.8 Å². The average Bonchev–Trinajstić information content (AvgIpc) is 3.31. The number of alkyl halides is 3. The highest BCUT2D eigenvalue weighted by Gasteiger charge is 2.34. The minimum Gasteiger partial charge on any atom is -0.481 e. The average molecular weight is 461 g/mol. The quantitative estimate of drug-likeness (QED) is 0.605. The number of nitrogens with zero attached hydrogens (tertiary/aromatic N) is 4. The molecule has 2 aromatic heterocycles. The Balaban J connectivity index is 1.56. The lowest BCUT2D eigenvalue weighted by Gasteiger charge is -2.31. The Kier molecular flexibility index (Phi) is 5.90. The summed E-state index contributed by atoms with van der Waals surface area (Å²) < 4.78 is 48.1. The number of hydrogen-bond donors (Lipinski definition) is 1. The van der Waals surface area contributed by atoms with Crippen LogP contribution >= 0.6 is 0 Å². The molecule has 0 saturated carbocycles. The van der Waals surface area contributed by atoms with Crippen LogP contribution in [0.25, 0.3) is 5.82 Å². The number of carbonyl (C=O) groups excluding carboxylic acids is 2. The van der Waals surface area contributed by atoms with Gasteiger partial charge in [-0.25, -0.2) is 9.67 Å². The molecule has 1 aliphatic heterocycles. The van der Waals surface area contributed by atoms with E-state index in [-0.39, 0.29) is 24.5 Å². The van der Waals surface area contributed by atoms with Crippen LogP contribution in [0.1, 0.15) is 13.3 Å². The van der Waals surface area contributed by atoms with E-state index in [4.69, 9.17) is 4.74 Å². The van der Waals surface area contributed by atoms with E-state index in [0.717, 1.165) is 12.1 Å². The number of fused-ring (bicyclic) bond motifs is 1. The molecular weight excluding hydrogens is 443 g/mol. The van der Waals surface area contributed by atoms with E-state index in [1.54, 1.807) is 37.5 Å². The highest BCUT2D eigenvalue weighted by Crippen LogP contribution is 2.30. The number of halogens is 3. The molecule has 0 fully saturated rings. The molecule has 172 valence electrons. The second kappa shape index (κ2) is 8.81. The molecule has 0 aliphatic carbocycles. The number of carbonyl (C=O) groups is 2. The maximum absolute atomic E-state index is 13.3. The summed E-state index contributed by atoms with van der Waals surface area (Å²) in [5, 5.41) is 6.79. The summed E-state index contributed by atoms with van der Waals surface area (Å²) in [6.07, 6.45) is -2.31. The van der Waals surface area contributed by atoms with Gasteiger partial charge in [-0.1, -0.05) is 6.92 Å². The fraction of sp³-hybridized carbons (Fsp3) is 0.238. The molecule has 1 N–H and O–H groups in total. The Bertz CT molecular complexity index is 1150. The summed E-state index contributed by atoms with van der Waals surface area (Å²) in [5.74, 6) is -0.469. The second-order valence-corrected chi connectivity index (χ2v) is 7.00. The third-order valence-corrected chi connectivity index (χ3v) is 4.68. The summed E-state index contributed by atoms with van der Waals surface area (Å²) >= 11 is 0. The van der Waals surface area contributed by atoms with Crippen molar-refractivity contribution in [2.75, 3.05) is 16.8 Å². The van der Waals surface area contributed by atoms with Gasteiger partial charge >= 0.3 is 6.36 Å². The molecule has 12 heteroatoms. The third kappa shape index (κ3) is 5.05. The van der Waals surface area contributed by atoms with E-state index >= 15 is 0 Å². The Labute approximate surface area is 185 Å². The molecule has 1 atom stereocenters. The molecule has 4 rings (SSSR count). The first kappa shape index (κ1) is 22.1. The summed E-state index contributed by atoms with van der Waals surface area (Å²) in [7, 11) is 0. The first-order valence-corrected chi connectivity index (χ1v) is 9.88. The largest absolute Gasteiger partial charge is 0.573 e. The highest BCUT2D eigenvalue weighted by molar-refractivity contribution is 6.10. The normalized spacial score (nSPS) is 14.3. The van der Waals surface area contributed by atoms with Crippen molar-refractivity contribution in [2.24, 2.45) is 0 Å². The van der Waals surface area contributed by atoms with Crippen LogP contribution in [0.4, 0.5) is 24.7 Å². The van der Waals surface area contributed by atoms with Crippen LogP contribution in [0.3, 0.4) is 0 Å². The SMILES string of the molecule is CCC(Oc1ccc(OC(F)(F)F)cc1)C(=O)N1CC(=O)Nc2ccc(-n3cccn3)nc21. The first-order valence-electron chi connectivity index (χ1n) is 9.88. The van der Waals surface area contributed by atoms with Gasteiger partial charge in [-0.15, -0.1) is 13.2 Å². The summed E-state index contributed by atoms with van der Waals surface area (Å²) in [6.45, 7) is 1.45. The molecule has 0 bridgehead atoms. The maximum Gasteiger partial charge on any atom is 0.573 e. The van der Waals surface area contributed by atoms with Gasteiger partial charge in [-0.2, -0.15) is 5.10 Å². The van der Waals surface area contributed by atoms with Crippen molar-refractivity contribution in [3.05, 3.63) is 54.9 Å². The number of nitrogens with one attached hydrogen (secondary N) is 1. The first-order chi connectivity index (χ1) is 15.7. The topological polar surface area (TPSA) is 98.6 Å². The molecule has 1 unspecified atom stereocenters. The number of aromatic nitrogens is 3. The number of ether oxygens (including phenoxy) is 2. The van der Waals surface area contributed by atoms with Crippen LogP contribution in [-0.4, -0.2) is 45.6 Å². The van der Waals surface area contributed by atoms with Crippen LogP contribution in [0.15, 0.2) is 54.9 Å². The number of pyridine rings is 1. The molecule has 1 aromatic carbocycles. The fourth-order valence-electron chi connectivity index (χ4n) is 3.23. The number of hydrogen-bond acceptors (Lipinski definition) is 6. The molecule has 2 amide bonds. The van der Waals surface area contributed by atoms with E-state index in [0.29, 0.717) is 11.5 Å². The number of rotatable bonds is 6. The van der Waals surface area contributed by atoms with E-state index in [1.807, 2.05) is 0 Å². The molecule has 3 heterocycles. The zero-order valence-corrected chi connectivity index (χ0v) is 17.2. The van der Waals surface area contributed by atoms with Crippen LogP contribution < -0.4 is 19.7 Å². The van der Waals surface area contributed by atoms with Crippen LogP contribution in [0, 0.1) is 0 Å². The summed E-state index contributed by atoms with van der Waals surface area (Å²) in [6, 6.07) is 9.70. The van der Waals surface area contributed by atoms with Crippen LogP contribution in [0.5, 0.6) is 11.5 Å². The van der Waals surface area contributed by atoms with Crippen molar-refractivity contribution < 1.29 is 32.2 Å². The van der Waals surface area contributed by atoms with Gasteiger partial charge < -0.3 is 14.8 Å². The predicted octanol–water partition coefficient (Wildman–Crippen LogP) is 3.31. The Hall–Kier alpha value is -4.09. The zero-order valence-electron chi connectivity index (χ0n) is 17.2. The van der Waals surface area contributed by atoms with Gasteiger partial charge in [0, 0.05) is 12.4 Å². The Morgan fingerprint density at radius 2 is 1.91 bits per heavy atom. The maximum atomic E-state index is 13.3. The van der Waals surface area contributed by atoms with Gasteiger partial charge in [-0.05, 0) is 48.9 Å². The standard InChI is InChI=1S/C21H18F3N5O4/c1-2-16(32-13-4-6-14(7-5-13)33-21(22,23)24)20(31)28-12-18(30)26-15-8-9-17(27-19(15)28)29-11-3-10-25-29/h3-11,16H,2,12H2,1H3,(H,26,30). The molecule has 1 aliphatic rings. The number of anilines is 2. The molecule has 0 saturated heterocycles. The van der Waals surface area contributed by atoms with Crippen molar-refractivity contribution in [2.45, 2.75) is 25.8 Å². The van der Waals surface area contributed by atoms with Gasteiger partial charge in [0.2, 0.25) is 5.91 Å². The molecular formula is C21H18F3N5O4. The smallest absolute Gasteiger partial charge is 0.481 e. The molecule has 3 aromatic rings. The van der Waals surface area contributed by atoms with E-state index < -0.39 is 30.0 Å². The number of amides is 2. The van der Waals surface area contributed by atoms with Crippen molar-refractivity contribution in [3.8, 4) is 17.3 Å². The van der Waals surface area contributed by atoms with E-state index in [9.17, 15) is 22.8 Å². The van der Waals surface area contributed by atoms with Crippen molar-refractivity contribution >= 4 is 23.3 Å². The van der Waals surface area contributed by atoms with E-state index in [1.165, 1.54) is 21.7 Å². The molecule has 33 heavy (non-hydrogen) atoms. The van der Waals surface area contributed by atoms with Crippen molar-refractivity contribution in [3.63, 3.8) is 0 Å². The van der Waals surface area contributed by atoms with Gasteiger partial charge in [-0.3, -0.25) is 14.5 Å². The monoisotopic (exact) mass is 461 g/mol. The fourth-order valence-corrected chi connectivity index (χ4v) is 3.23. The Morgan fingerprint density at radius 1 is 1.18 bits per heavy atom. The van der Waals surface area contributed by atoms with Gasteiger partial charge in [0.25, 0.3) is 5.91 Å². The predicted molar refractivity (Wildman–Crippen MR) is 110 cm³/mol. The van der Waals surface area contributed by atoms with Crippen LogP contribution in [0.2, 0.25) is 0 Å². The molecule has 0 radical (unpaired) electrons.